The zero-order valence-electron chi connectivity index (χ0n) is 12.8. The molecule has 1 aliphatic heterocycles. The van der Waals surface area contributed by atoms with Gasteiger partial charge in [-0.05, 0) is 50.6 Å². The van der Waals surface area contributed by atoms with E-state index in [1.807, 2.05) is 31.2 Å². The first-order chi connectivity index (χ1) is 10.2. The molecule has 21 heavy (non-hydrogen) atoms. The normalized spacial score (nSPS) is 18.7. The minimum Gasteiger partial charge on any atom is -0.497 e. The first-order valence-electron chi connectivity index (χ1n) is 7.48. The van der Waals surface area contributed by atoms with Crippen LogP contribution in [0, 0.1) is 0 Å². The maximum absolute atomic E-state index is 12.1. The number of anilines is 1. The van der Waals surface area contributed by atoms with Gasteiger partial charge in [-0.2, -0.15) is 0 Å². The SMILES string of the molecule is CCOC[C@@H]1CCCN1CC(=O)Nc1ccc(OC)cc1. The third-order valence-corrected chi connectivity index (χ3v) is 3.73. The molecule has 1 amide bonds. The fourth-order valence-corrected chi connectivity index (χ4v) is 2.61. The third-order valence-electron chi connectivity index (χ3n) is 3.73. The number of benzene rings is 1. The van der Waals surface area contributed by atoms with Gasteiger partial charge in [0.15, 0.2) is 0 Å². The van der Waals surface area contributed by atoms with Gasteiger partial charge in [-0.15, -0.1) is 0 Å². The summed E-state index contributed by atoms with van der Waals surface area (Å²) in [6.07, 6.45) is 2.24. The average molecular weight is 292 g/mol. The molecule has 0 aliphatic carbocycles. The van der Waals surface area contributed by atoms with Gasteiger partial charge in [0, 0.05) is 18.3 Å². The number of likely N-dealkylation sites (tertiary alicyclic amines) is 1. The standard InChI is InChI=1S/C16H24N2O3/c1-3-21-12-14-5-4-10-18(14)11-16(19)17-13-6-8-15(20-2)9-7-13/h6-9,14H,3-5,10-12H2,1-2H3,(H,17,19)/t14-/m0/s1. The molecule has 5 nitrogen and oxygen atoms in total. The zero-order chi connectivity index (χ0) is 15.1. The largest absolute Gasteiger partial charge is 0.497 e. The van der Waals surface area contributed by atoms with Gasteiger partial charge < -0.3 is 14.8 Å². The number of hydrogen-bond donors (Lipinski definition) is 1. The second-order valence-corrected chi connectivity index (χ2v) is 5.20. The summed E-state index contributed by atoms with van der Waals surface area (Å²) in [5.41, 5.74) is 0.793. The van der Waals surface area contributed by atoms with Crippen LogP contribution in [-0.2, 0) is 9.53 Å². The molecule has 1 saturated heterocycles. The van der Waals surface area contributed by atoms with Crippen LogP contribution in [0.4, 0.5) is 5.69 Å². The van der Waals surface area contributed by atoms with E-state index >= 15 is 0 Å². The van der Waals surface area contributed by atoms with E-state index in [1.165, 1.54) is 0 Å². The van der Waals surface area contributed by atoms with Gasteiger partial charge in [0.25, 0.3) is 0 Å². The van der Waals surface area contributed by atoms with Gasteiger partial charge in [-0.25, -0.2) is 0 Å². The average Bonchev–Trinajstić information content (AvgIpc) is 2.93. The van der Waals surface area contributed by atoms with E-state index in [9.17, 15) is 4.79 Å². The van der Waals surface area contributed by atoms with Crippen molar-refractivity contribution in [2.45, 2.75) is 25.8 Å². The van der Waals surface area contributed by atoms with Crippen LogP contribution in [0.25, 0.3) is 0 Å². The fourth-order valence-electron chi connectivity index (χ4n) is 2.61. The molecule has 0 unspecified atom stereocenters. The van der Waals surface area contributed by atoms with Gasteiger partial charge in [0.1, 0.15) is 5.75 Å². The number of nitrogens with zero attached hydrogens (tertiary/aromatic N) is 1. The van der Waals surface area contributed by atoms with E-state index in [2.05, 4.69) is 10.2 Å². The van der Waals surface area contributed by atoms with Crippen molar-refractivity contribution in [3.05, 3.63) is 24.3 Å². The number of nitrogens with one attached hydrogen (secondary N) is 1. The van der Waals surface area contributed by atoms with Crippen LogP contribution in [0.15, 0.2) is 24.3 Å². The number of ether oxygens (including phenoxy) is 2. The molecule has 0 spiro atoms. The van der Waals surface area contributed by atoms with Crippen LogP contribution in [0.3, 0.4) is 0 Å². The third kappa shape index (κ3) is 4.72. The monoisotopic (exact) mass is 292 g/mol. The highest BCUT2D eigenvalue weighted by Crippen LogP contribution is 2.18. The molecule has 1 aliphatic rings. The Balaban J connectivity index is 1.82. The van der Waals surface area contributed by atoms with Crippen molar-refractivity contribution >= 4 is 11.6 Å². The Morgan fingerprint density at radius 3 is 2.81 bits per heavy atom. The number of carbonyl (C=O) groups is 1. The topological polar surface area (TPSA) is 50.8 Å². The van der Waals surface area contributed by atoms with E-state index in [0.29, 0.717) is 19.2 Å². The maximum Gasteiger partial charge on any atom is 0.238 e. The van der Waals surface area contributed by atoms with Crippen LogP contribution < -0.4 is 10.1 Å². The fraction of sp³-hybridized carbons (Fsp3) is 0.562. The van der Waals surface area contributed by atoms with Crippen LogP contribution in [0.5, 0.6) is 5.75 Å². The predicted octanol–water partition coefficient (Wildman–Crippen LogP) is 2.13. The van der Waals surface area contributed by atoms with E-state index < -0.39 is 0 Å². The molecule has 0 aromatic heterocycles. The Kier molecular flexibility index (Phi) is 6.02. The second-order valence-electron chi connectivity index (χ2n) is 5.20. The van der Waals surface area contributed by atoms with Gasteiger partial charge >= 0.3 is 0 Å². The molecular formula is C16H24N2O3. The summed E-state index contributed by atoms with van der Waals surface area (Å²) >= 11 is 0. The van der Waals surface area contributed by atoms with Crippen LogP contribution in [-0.4, -0.2) is 50.3 Å². The molecular weight excluding hydrogens is 268 g/mol. The Hall–Kier alpha value is -1.59. The Bertz CT molecular complexity index is 447. The van der Waals surface area contributed by atoms with Crippen LogP contribution in [0.1, 0.15) is 19.8 Å². The Morgan fingerprint density at radius 2 is 2.14 bits per heavy atom. The lowest BCUT2D eigenvalue weighted by Gasteiger charge is -2.23. The number of rotatable bonds is 7. The maximum atomic E-state index is 12.1. The van der Waals surface area contributed by atoms with Crippen molar-refractivity contribution in [2.75, 3.05) is 38.7 Å². The molecule has 1 N–H and O–H groups in total. The lowest BCUT2D eigenvalue weighted by Crippen LogP contribution is -2.39. The molecule has 0 saturated carbocycles. The highest BCUT2D eigenvalue weighted by molar-refractivity contribution is 5.92. The summed E-state index contributed by atoms with van der Waals surface area (Å²) < 4.78 is 10.6. The van der Waals surface area contributed by atoms with E-state index in [1.54, 1.807) is 7.11 Å². The van der Waals surface area contributed by atoms with Crippen molar-refractivity contribution in [1.29, 1.82) is 0 Å². The molecule has 1 aromatic rings. The summed E-state index contributed by atoms with van der Waals surface area (Å²) in [7, 11) is 1.62. The predicted molar refractivity (Wildman–Crippen MR) is 82.7 cm³/mol. The lowest BCUT2D eigenvalue weighted by atomic mass is 10.2. The zero-order valence-corrected chi connectivity index (χ0v) is 12.8. The molecule has 116 valence electrons. The van der Waals surface area contributed by atoms with E-state index in [0.717, 1.165) is 37.4 Å². The molecule has 5 heteroatoms. The summed E-state index contributed by atoms with van der Waals surface area (Å²) in [5.74, 6) is 0.799. The first-order valence-corrected chi connectivity index (χ1v) is 7.48. The Labute approximate surface area is 126 Å². The van der Waals surface area contributed by atoms with E-state index in [4.69, 9.17) is 9.47 Å². The van der Waals surface area contributed by atoms with Crippen molar-refractivity contribution in [3.8, 4) is 5.75 Å². The molecule has 1 fully saturated rings. The molecule has 1 aromatic carbocycles. The van der Waals surface area contributed by atoms with Crippen molar-refractivity contribution < 1.29 is 14.3 Å². The minimum atomic E-state index is 0.0172. The number of amides is 1. The number of carbonyl (C=O) groups excluding carboxylic acids is 1. The van der Waals surface area contributed by atoms with Crippen LogP contribution in [0.2, 0.25) is 0 Å². The van der Waals surface area contributed by atoms with Gasteiger partial charge in [0.05, 0.1) is 20.3 Å². The Morgan fingerprint density at radius 1 is 1.38 bits per heavy atom. The molecule has 1 heterocycles. The van der Waals surface area contributed by atoms with Gasteiger partial charge in [-0.3, -0.25) is 9.69 Å². The lowest BCUT2D eigenvalue weighted by molar-refractivity contribution is -0.117. The van der Waals surface area contributed by atoms with Crippen molar-refractivity contribution in [1.82, 2.24) is 4.90 Å². The molecule has 0 bridgehead atoms. The molecule has 1 atom stereocenters. The van der Waals surface area contributed by atoms with Crippen LogP contribution >= 0.6 is 0 Å². The smallest absolute Gasteiger partial charge is 0.238 e. The first kappa shape index (κ1) is 15.8. The van der Waals surface area contributed by atoms with Crippen molar-refractivity contribution in [2.24, 2.45) is 0 Å². The molecule has 2 rings (SSSR count). The summed E-state index contributed by atoms with van der Waals surface area (Å²) in [4.78, 5) is 14.3. The summed E-state index contributed by atoms with van der Waals surface area (Å²) in [6.45, 7) is 4.82. The summed E-state index contributed by atoms with van der Waals surface area (Å²) in [5, 5.41) is 2.92. The van der Waals surface area contributed by atoms with Gasteiger partial charge in [0.2, 0.25) is 5.91 Å². The second kappa shape index (κ2) is 8.00. The number of methoxy groups -OCH3 is 1. The highest BCUT2D eigenvalue weighted by atomic mass is 16.5. The molecule has 0 radical (unpaired) electrons. The highest BCUT2D eigenvalue weighted by Gasteiger charge is 2.26. The minimum absolute atomic E-state index is 0.0172. The quantitative estimate of drug-likeness (QED) is 0.836. The van der Waals surface area contributed by atoms with E-state index in [-0.39, 0.29) is 5.91 Å². The number of hydrogen-bond acceptors (Lipinski definition) is 4. The van der Waals surface area contributed by atoms with Crippen molar-refractivity contribution in [3.63, 3.8) is 0 Å². The summed E-state index contributed by atoms with van der Waals surface area (Å²) in [6, 6.07) is 7.73. The van der Waals surface area contributed by atoms with Gasteiger partial charge in [-0.1, -0.05) is 0 Å².